The van der Waals surface area contributed by atoms with Gasteiger partial charge in [0.2, 0.25) is 5.95 Å². The molecule has 0 atom stereocenters. The summed E-state index contributed by atoms with van der Waals surface area (Å²) in [5.41, 5.74) is -2.29. The summed E-state index contributed by atoms with van der Waals surface area (Å²) in [7, 11) is 0. The van der Waals surface area contributed by atoms with Gasteiger partial charge in [0.25, 0.3) is 0 Å². The number of carbonyl (C=O) groups is 1. The topological polar surface area (TPSA) is 103 Å². The van der Waals surface area contributed by atoms with Crippen LogP contribution in [0.2, 0.25) is 5.02 Å². The van der Waals surface area contributed by atoms with E-state index in [2.05, 4.69) is 15.1 Å². The van der Waals surface area contributed by atoms with Gasteiger partial charge >= 0.3 is 23.4 Å². The van der Waals surface area contributed by atoms with Crippen LogP contribution in [0.15, 0.2) is 33.9 Å². The number of fused-ring (bicyclic) bond motifs is 1. The number of carbonyl (C=O) groups excluding carboxylic acids is 1. The van der Waals surface area contributed by atoms with E-state index in [0.717, 1.165) is 12.8 Å². The van der Waals surface area contributed by atoms with Crippen molar-refractivity contribution in [2.24, 2.45) is 0 Å². The zero-order valence-corrected chi connectivity index (χ0v) is 19.7. The third-order valence-electron chi connectivity index (χ3n) is 6.43. The van der Waals surface area contributed by atoms with Gasteiger partial charge in [0.15, 0.2) is 11.2 Å². The summed E-state index contributed by atoms with van der Waals surface area (Å²) in [6.45, 7) is 2.32. The fourth-order valence-electron chi connectivity index (χ4n) is 4.77. The number of benzene rings is 1. The molecule has 14 heteroatoms. The summed E-state index contributed by atoms with van der Waals surface area (Å²) in [6.07, 6.45) is -2.72. The number of nitrogens with zero attached hydrogens (tertiary/aromatic N) is 5. The quantitative estimate of drug-likeness (QED) is 0.555. The highest BCUT2D eigenvalue weighted by Gasteiger charge is 2.43. The molecule has 1 aromatic carbocycles. The Morgan fingerprint density at radius 2 is 1.78 bits per heavy atom. The average Bonchev–Trinajstić information content (AvgIpc) is 3.51. The van der Waals surface area contributed by atoms with Crippen LogP contribution in [0.4, 0.5) is 19.1 Å². The second-order valence-corrected chi connectivity index (χ2v) is 9.08. The van der Waals surface area contributed by atoms with Crippen molar-refractivity contribution in [1.29, 1.82) is 0 Å². The highest BCUT2D eigenvalue weighted by molar-refractivity contribution is 6.32. The summed E-state index contributed by atoms with van der Waals surface area (Å²) >= 11 is 6.47. The predicted octanol–water partition coefficient (Wildman–Crippen LogP) is 2.04. The van der Waals surface area contributed by atoms with E-state index < -0.39 is 29.4 Å². The molecular weight excluding hydrogens is 505 g/mol. The van der Waals surface area contributed by atoms with Crippen LogP contribution in [0.25, 0.3) is 16.9 Å². The lowest BCUT2D eigenvalue weighted by Gasteiger charge is -2.28. The molecule has 1 saturated carbocycles. The van der Waals surface area contributed by atoms with Gasteiger partial charge in [-0.25, -0.2) is 9.59 Å². The maximum Gasteiger partial charge on any atom is 0.493 e. The fourth-order valence-corrected chi connectivity index (χ4v) is 4.99. The van der Waals surface area contributed by atoms with E-state index in [4.69, 9.17) is 11.6 Å². The summed E-state index contributed by atoms with van der Waals surface area (Å²) < 4.78 is 41.5. The Labute approximate surface area is 206 Å². The van der Waals surface area contributed by atoms with Crippen molar-refractivity contribution in [2.45, 2.75) is 37.9 Å². The lowest BCUT2D eigenvalue weighted by Crippen LogP contribution is -2.49. The third kappa shape index (κ3) is 4.15. The molecule has 36 heavy (non-hydrogen) atoms. The van der Waals surface area contributed by atoms with Crippen LogP contribution in [-0.4, -0.2) is 57.2 Å². The first-order valence-corrected chi connectivity index (χ1v) is 11.9. The van der Waals surface area contributed by atoms with Gasteiger partial charge in [-0.15, -0.1) is 0 Å². The Morgan fingerprint density at radius 3 is 2.42 bits per heavy atom. The molecule has 2 fully saturated rings. The minimum absolute atomic E-state index is 0.00431. The molecule has 3 heterocycles. The first-order chi connectivity index (χ1) is 17.2. The average molecular weight is 527 g/mol. The number of piperazine rings is 1. The van der Waals surface area contributed by atoms with Crippen molar-refractivity contribution in [2.75, 3.05) is 31.1 Å². The van der Waals surface area contributed by atoms with E-state index >= 15 is 0 Å². The second kappa shape index (κ2) is 9.28. The smallest absolute Gasteiger partial charge is 0.339 e. The van der Waals surface area contributed by atoms with Crippen molar-refractivity contribution < 1.29 is 22.8 Å². The summed E-state index contributed by atoms with van der Waals surface area (Å²) in [5.74, 6) is -2.37. The molecule has 10 nitrogen and oxygen atoms in total. The molecule has 0 amide bonds. The maximum absolute atomic E-state index is 13.6. The molecule has 1 aliphatic carbocycles. The van der Waals surface area contributed by atoms with Gasteiger partial charge in [0, 0.05) is 32.2 Å². The van der Waals surface area contributed by atoms with E-state index in [1.54, 1.807) is 24.3 Å². The molecule has 0 bridgehead atoms. The highest BCUT2D eigenvalue weighted by Crippen LogP contribution is 2.34. The molecule has 0 spiro atoms. The zero-order valence-electron chi connectivity index (χ0n) is 18.9. The van der Waals surface area contributed by atoms with Gasteiger partial charge < -0.3 is 15.1 Å². The predicted molar refractivity (Wildman–Crippen MR) is 125 cm³/mol. The zero-order chi connectivity index (χ0) is 25.6. The Hall–Kier alpha value is -3.32. The number of hydrogen-bond acceptors (Lipinski definition) is 7. The molecule has 1 aliphatic heterocycles. The molecule has 0 unspecified atom stereocenters. The highest BCUT2D eigenvalue weighted by atomic mass is 35.5. The number of anilines is 1. The minimum Gasteiger partial charge on any atom is -0.339 e. The SMILES string of the molecule is O=C(On1c(=O)c2c(nc(N3CCNCC3)n2-c2ccccc2Cl)n(C2CCCC2)c1=O)C(F)(F)F. The first kappa shape index (κ1) is 24.4. The van der Waals surface area contributed by atoms with Crippen molar-refractivity contribution in [3.63, 3.8) is 0 Å². The number of halogens is 4. The van der Waals surface area contributed by atoms with Crippen LogP contribution in [-0.2, 0) is 4.79 Å². The Balaban J connectivity index is 1.87. The molecule has 3 aromatic rings. The molecular formula is C22H22ClF3N6O4. The Kier molecular flexibility index (Phi) is 6.29. The number of para-hydroxylation sites is 1. The molecule has 5 rings (SSSR count). The normalized spacial score (nSPS) is 17.2. The van der Waals surface area contributed by atoms with Crippen LogP contribution < -0.4 is 26.3 Å². The van der Waals surface area contributed by atoms with Gasteiger partial charge in [0.05, 0.1) is 10.7 Å². The molecule has 192 valence electrons. The van der Waals surface area contributed by atoms with Crippen LogP contribution >= 0.6 is 11.6 Å². The minimum atomic E-state index is -5.41. The van der Waals surface area contributed by atoms with E-state index in [1.807, 2.05) is 4.90 Å². The van der Waals surface area contributed by atoms with E-state index in [1.165, 1.54) is 9.13 Å². The largest absolute Gasteiger partial charge is 0.493 e. The van der Waals surface area contributed by atoms with Gasteiger partial charge in [-0.3, -0.25) is 13.9 Å². The number of rotatable bonds is 4. The lowest BCUT2D eigenvalue weighted by molar-refractivity contribution is -0.200. The molecule has 2 aliphatic rings. The summed E-state index contributed by atoms with van der Waals surface area (Å²) in [6, 6.07) is 6.17. The number of imidazole rings is 1. The number of nitrogens with one attached hydrogen (secondary N) is 1. The first-order valence-electron chi connectivity index (χ1n) is 11.5. The van der Waals surface area contributed by atoms with Crippen LogP contribution in [0.3, 0.4) is 0 Å². The van der Waals surface area contributed by atoms with Gasteiger partial charge in [0.1, 0.15) is 0 Å². The lowest BCUT2D eigenvalue weighted by atomic mass is 10.2. The number of alkyl halides is 3. The Bertz CT molecular complexity index is 1430. The van der Waals surface area contributed by atoms with Crippen molar-refractivity contribution >= 4 is 34.7 Å². The number of hydrogen-bond donors (Lipinski definition) is 1. The standard InChI is InChI=1S/C22H22ClF3N6O4/c23-14-7-3-4-8-15(14)31-16-17(28-20(31)29-11-9-27-10-12-29)30(13-5-1-2-6-13)21(35)32(18(16)33)36-19(34)22(24,25)26/h3-4,7-8,13,27H,1-2,5-6,9-12H2. The monoisotopic (exact) mass is 526 g/mol. The van der Waals surface area contributed by atoms with Crippen molar-refractivity contribution in [1.82, 2.24) is 24.2 Å². The van der Waals surface area contributed by atoms with Crippen LogP contribution in [0.5, 0.6) is 0 Å². The van der Waals surface area contributed by atoms with Crippen LogP contribution in [0.1, 0.15) is 31.7 Å². The fraction of sp³-hybridized carbons (Fsp3) is 0.455. The van der Waals surface area contributed by atoms with E-state index in [0.29, 0.717) is 50.7 Å². The van der Waals surface area contributed by atoms with E-state index in [-0.39, 0.29) is 20.9 Å². The van der Waals surface area contributed by atoms with Crippen molar-refractivity contribution in [3.05, 3.63) is 50.1 Å². The van der Waals surface area contributed by atoms with Gasteiger partial charge in [-0.1, -0.05) is 41.3 Å². The third-order valence-corrected chi connectivity index (χ3v) is 6.74. The summed E-state index contributed by atoms with van der Waals surface area (Å²) in [4.78, 5) is 49.5. The van der Waals surface area contributed by atoms with Gasteiger partial charge in [-0.05, 0) is 25.0 Å². The molecule has 1 N–H and O–H groups in total. The molecule has 2 aromatic heterocycles. The second-order valence-electron chi connectivity index (χ2n) is 8.67. The van der Waals surface area contributed by atoms with Gasteiger partial charge in [-0.2, -0.15) is 18.2 Å². The maximum atomic E-state index is 13.6. The molecule has 1 saturated heterocycles. The van der Waals surface area contributed by atoms with Crippen molar-refractivity contribution in [3.8, 4) is 5.69 Å². The molecule has 0 radical (unpaired) electrons. The van der Waals surface area contributed by atoms with Crippen LogP contribution in [0, 0.1) is 0 Å². The number of aromatic nitrogens is 4. The van der Waals surface area contributed by atoms with E-state index in [9.17, 15) is 27.6 Å². The summed E-state index contributed by atoms with van der Waals surface area (Å²) in [5, 5.41) is 3.48. The Morgan fingerprint density at radius 1 is 1.11 bits per heavy atom.